The van der Waals surface area contributed by atoms with Crippen molar-refractivity contribution in [2.75, 3.05) is 0 Å². The van der Waals surface area contributed by atoms with E-state index in [-0.39, 0.29) is 5.82 Å². The average molecular weight is 320 g/mol. The maximum Gasteiger partial charge on any atom is 0.276 e. The van der Waals surface area contributed by atoms with Crippen molar-refractivity contribution in [1.29, 1.82) is 0 Å². The molecule has 1 N–H and O–H groups in total. The molecule has 0 aliphatic carbocycles. The van der Waals surface area contributed by atoms with Gasteiger partial charge in [0.2, 0.25) is 5.82 Å². The molecule has 0 fully saturated rings. The molecule has 24 heavy (non-hydrogen) atoms. The van der Waals surface area contributed by atoms with Gasteiger partial charge in [-0.05, 0) is 30.7 Å². The van der Waals surface area contributed by atoms with Crippen LogP contribution < -0.4 is 0 Å². The fourth-order valence-corrected chi connectivity index (χ4v) is 2.51. The summed E-state index contributed by atoms with van der Waals surface area (Å²) in [6.45, 7) is 2.03. The number of H-pyrrole nitrogens is 1. The SMILES string of the molecule is Cc1ccccc1-c1cc(-c2nc(-c3cccc(F)c3)no2)[nH]n1. The number of aromatic amines is 1. The quantitative estimate of drug-likeness (QED) is 0.613. The smallest absolute Gasteiger partial charge is 0.276 e. The van der Waals surface area contributed by atoms with E-state index in [0.717, 1.165) is 16.8 Å². The summed E-state index contributed by atoms with van der Waals surface area (Å²) in [5.74, 6) is 0.292. The number of nitrogens with zero attached hydrogens (tertiary/aromatic N) is 3. The molecule has 0 amide bonds. The van der Waals surface area contributed by atoms with Crippen molar-refractivity contribution in [1.82, 2.24) is 20.3 Å². The first-order valence-corrected chi connectivity index (χ1v) is 7.42. The minimum atomic E-state index is -0.345. The van der Waals surface area contributed by atoms with E-state index in [1.165, 1.54) is 12.1 Å². The minimum Gasteiger partial charge on any atom is -0.332 e. The summed E-state index contributed by atoms with van der Waals surface area (Å²) in [6.07, 6.45) is 0. The Morgan fingerprint density at radius 3 is 2.75 bits per heavy atom. The third-order valence-electron chi connectivity index (χ3n) is 3.74. The Morgan fingerprint density at radius 1 is 1.04 bits per heavy atom. The van der Waals surface area contributed by atoms with Crippen LogP contribution in [0, 0.1) is 12.7 Å². The summed E-state index contributed by atoms with van der Waals surface area (Å²) in [6, 6.07) is 15.9. The molecule has 2 aromatic carbocycles. The monoisotopic (exact) mass is 320 g/mol. The summed E-state index contributed by atoms with van der Waals surface area (Å²) in [7, 11) is 0. The van der Waals surface area contributed by atoms with Crippen LogP contribution in [0.1, 0.15) is 5.56 Å². The van der Waals surface area contributed by atoms with Crippen molar-refractivity contribution in [2.45, 2.75) is 6.92 Å². The molecule has 2 heterocycles. The molecule has 0 saturated carbocycles. The summed E-state index contributed by atoms with van der Waals surface area (Å²) >= 11 is 0. The van der Waals surface area contributed by atoms with Crippen molar-refractivity contribution in [2.24, 2.45) is 0 Å². The zero-order chi connectivity index (χ0) is 16.5. The lowest BCUT2D eigenvalue weighted by molar-refractivity contribution is 0.431. The largest absolute Gasteiger partial charge is 0.332 e. The predicted octanol–water partition coefficient (Wildman–Crippen LogP) is 4.24. The molecule has 4 rings (SSSR count). The molecule has 0 saturated heterocycles. The van der Waals surface area contributed by atoms with E-state index < -0.39 is 0 Å². The van der Waals surface area contributed by atoms with E-state index in [9.17, 15) is 4.39 Å². The Labute approximate surface area is 137 Å². The predicted molar refractivity (Wildman–Crippen MR) is 87.4 cm³/mol. The number of nitrogens with one attached hydrogen (secondary N) is 1. The number of halogens is 1. The topological polar surface area (TPSA) is 67.6 Å². The van der Waals surface area contributed by atoms with Crippen molar-refractivity contribution >= 4 is 0 Å². The fourth-order valence-electron chi connectivity index (χ4n) is 2.51. The van der Waals surface area contributed by atoms with E-state index in [2.05, 4.69) is 20.3 Å². The van der Waals surface area contributed by atoms with E-state index in [1.807, 2.05) is 37.3 Å². The number of aryl methyl sites for hydroxylation is 1. The van der Waals surface area contributed by atoms with E-state index in [1.54, 1.807) is 12.1 Å². The summed E-state index contributed by atoms with van der Waals surface area (Å²) < 4.78 is 18.6. The number of hydrogen-bond donors (Lipinski definition) is 1. The van der Waals surface area contributed by atoms with Gasteiger partial charge >= 0.3 is 0 Å². The maximum absolute atomic E-state index is 13.3. The van der Waals surface area contributed by atoms with Gasteiger partial charge in [-0.2, -0.15) is 10.1 Å². The van der Waals surface area contributed by atoms with Crippen molar-refractivity contribution in [3.8, 4) is 34.2 Å². The molecule has 118 valence electrons. The van der Waals surface area contributed by atoms with Crippen LogP contribution >= 0.6 is 0 Å². The Morgan fingerprint density at radius 2 is 1.92 bits per heavy atom. The molecule has 0 spiro atoms. The third kappa shape index (κ3) is 2.58. The Bertz CT molecular complexity index is 1010. The zero-order valence-electron chi connectivity index (χ0n) is 12.8. The van der Waals surface area contributed by atoms with Gasteiger partial charge in [0.25, 0.3) is 5.89 Å². The molecule has 0 bridgehead atoms. The summed E-state index contributed by atoms with van der Waals surface area (Å²) in [5, 5.41) is 11.1. The van der Waals surface area contributed by atoms with Crippen LogP contribution in [0.15, 0.2) is 59.1 Å². The molecule has 4 aromatic rings. The highest BCUT2D eigenvalue weighted by atomic mass is 19.1. The molecule has 0 radical (unpaired) electrons. The highest BCUT2D eigenvalue weighted by Crippen LogP contribution is 2.26. The van der Waals surface area contributed by atoms with Gasteiger partial charge in [-0.15, -0.1) is 0 Å². The van der Waals surface area contributed by atoms with Gasteiger partial charge in [0.1, 0.15) is 11.5 Å². The van der Waals surface area contributed by atoms with Gasteiger partial charge in [0.05, 0.1) is 5.69 Å². The van der Waals surface area contributed by atoms with Gasteiger partial charge in [-0.25, -0.2) is 4.39 Å². The first-order chi connectivity index (χ1) is 11.7. The molecule has 2 aromatic heterocycles. The van der Waals surface area contributed by atoms with Crippen LogP contribution in [0.25, 0.3) is 34.2 Å². The molecular formula is C18H13FN4O. The first-order valence-electron chi connectivity index (χ1n) is 7.42. The molecule has 5 nitrogen and oxygen atoms in total. The Kier molecular flexibility index (Phi) is 3.42. The minimum absolute atomic E-state index is 0.307. The van der Waals surface area contributed by atoms with Crippen LogP contribution in [-0.4, -0.2) is 20.3 Å². The third-order valence-corrected chi connectivity index (χ3v) is 3.74. The molecular weight excluding hydrogens is 307 g/mol. The number of hydrogen-bond acceptors (Lipinski definition) is 4. The summed E-state index contributed by atoms with van der Waals surface area (Å²) in [5.41, 5.74) is 4.13. The van der Waals surface area contributed by atoms with Crippen LogP contribution in [-0.2, 0) is 0 Å². The average Bonchev–Trinajstić information content (AvgIpc) is 3.25. The second kappa shape index (κ2) is 5.73. The molecule has 0 aliphatic rings. The van der Waals surface area contributed by atoms with E-state index in [4.69, 9.17) is 4.52 Å². The lowest BCUT2D eigenvalue weighted by Gasteiger charge is -1.99. The molecule has 0 atom stereocenters. The van der Waals surface area contributed by atoms with Gasteiger partial charge in [0.15, 0.2) is 0 Å². The van der Waals surface area contributed by atoms with Crippen LogP contribution in [0.3, 0.4) is 0 Å². The van der Waals surface area contributed by atoms with E-state index in [0.29, 0.717) is 23.0 Å². The first kappa shape index (κ1) is 14.3. The fraction of sp³-hybridized carbons (Fsp3) is 0.0556. The molecule has 0 unspecified atom stereocenters. The lowest BCUT2D eigenvalue weighted by atomic mass is 10.1. The van der Waals surface area contributed by atoms with Crippen molar-refractivity contribution < 1.29 is 8.91 Å². The van der Waals surface area contributed by atoms with Crippen LogP contribution in [0.5, 0.6) is 0 Å². The molecule has 6 heteroatoms. The summed E-state index contributed by atoms with van der Waals surface area (Å²) in [4.78, 5) is 4.31. The normalized spacial score (nSPS) is 10.9. The molecule has 0 aliphatic heterocycles. The highest BCUT2D eigenvalue weighted by Gasteiger charge is 2.14. The van der Waals surface area contributed by atoms with Gasteiger partial charge in [-0.3, -0.25) is 5.10 Å². The Hall–Kier alpha value is -3.28. The van der Waals surface area contributed by atoms with Crippen LogP contribution in [0.4, 0.5) is 4.39 Å². The maximum atomic E-state index is 13.3. The second-order valence-electron chi connectivity index (χ2n) is 5.42. The Balaban J connectivity index is 1.68. The van der Waals surface area contributed by atoms with Crippen molar-refractivity contribution in [3.63, 3.8) is 0 Å². The lowest BCUT2D eigenvalue weighted by Crippen LogP contribution is -1.82. The van der Waals surface area contributed by atoms with Gasteiger partial charge in [0, 0.05) is 11.1 Å². The highest BCUT2D eigenvalue weighted by molar-refractivity contribution is 5.68. The zero-order valence-corrected chi connectivity index (χ0v) is 12.8. The number of rotatable bonds is 3. The number of benzene rings is 2. The van der Waals surface area contributed by atoms with Crippen LogP contribution in [0.2, 0.25) is 0 Å². The standard InChI is InChI=1S/C18H13FN4O/c1-11-5-2-3-8-14(11)15-10-16(22-21-15)18-20-17(23-24-18)12-6-4-7-13(19)9-12/h2-10H,1H3,(H,21,22). The number of aromatic nitrogens is 4. The van der Waals surface area contributed by atoms with Gasteiger partial charge in [-0.1, -0.05) is 41.6 Å². The van der Waals surface area contributed by atoms with Crippen molar-refractivity contribution in [3.05, 3.63) is 66.0 Å². The van der Waals surface area contributed by atoms with E-state index >= 15 is 0 Å². The second-order valence-corrected chi connectivity index (χ2v) is 5.42. The van der Waals surface area contributed by atoms with Gasteiger partial charge < -0.3 is 4.52 Å².